The quantitative estimate of drug-likeness (QED) is 0.497. The zero-order valence-corrected chi connectivity index (χ0v) is 6.09. The third kappa shape index (κ3) is 1.03. The fraction of sp³-hybridized carbons (Fsp3) is 0.714. The van der Waals surface area contributed by atoms with Gasteiger partial charge in [0.05, 0.1) is 11.8 Å². The number of cyclic esters (lactones) is 1. The van der Waals surface area contributed by atoms with Crippen molar-refractivity contribution in [1.29, 1.82) is 0 Å². The molecule has 0 radical (unpaired) electrons. The first-order chi connectivity index (χ1) is 4.63. The molecule has 0 N–H and O–H groups in total. The molecule has 0 aromatic rings. The Morgan fingerprint density at radius 2 is 2.30 bits per heavy atom. The third-order valence-electron chi connectivity index (χ3n) is 1.90. The summed E-state index contributed by atoms with van der Waals surface area (Å²) >= 11 is 0. The van der Waals surface area contributed by atoms with Crippen LogP contribution in [0.5, 0.6) is 0 Å². The largest absolute Gasteiger partial charge is 0.465 e. The van der Waals surface area contributed by atoms with Gasteiger partial charge in [-0.15, -0.1) is 0 Å². The van der Waals surface area contributed by atoms with E-state index in [1.54, 1.807) is 6.92 Å². The molecule has 0 aliphatic carbocycles. The second-order valence-corrected chi connectivity index (χ2v) is 2.64. The molecule has 10 heavy (non-hydrogen) atoms. The first-order valence-electron chi connectivity index (χ1n) is 3.30. The van der Waals surface area contributed by atoms with Crippen molar-refractivity contribution in [3.8, 4) is 0 Å². The molecule has 1 fully saturated rings. The van der Waals surface area contributed by atoms with Crippen LogP contribution < -0.4 is 0 Å². The van der Waals surface area contributed by atoms with Gasteiger partial charge in [-0.3, -0.25) is 9.59 Å². The number of Topliss-reactive ketones (excluding diaryl/α,β-unsaturated/α-hetero) is 1. The Balaban J connectivity index is 2.66. The Morgan fingerprint density at radius 1 is 1.70 bits per heavy atom. The molecule has 0 saturated carbocycles. The Bertz CT molecular complexity index is 174. The zero-order valence-electron chi connectivity index (χ0n) is 6.09. The van der Waals surface area contributed by atoms with E-state index in [0.717, 1.165) is 0 Å². The third-order valence-corrected chi connectivity index (χ3v) is 1.90. The summed E-state index contributed by atoms with van der Waals surface area (Å²) in [5.41, 5.74) is 0. The van der Waals surface area contributed by atoms with Gasteiger partial charge >= 0.3 is 5.97 Å². The SMILES string of the molecule is CC(=O)[C@@H]1COC(=O)[C@@H]1C. The van der Waals surface area contributed by atoms with Crippen LogP contribution in [0.4, 0.5) is 0 Å². The molecule has 0 spiro atoms. The van der Waals surface area contributed by atoms with Crippen molar-refractivity contribution < 1.29 is 14.3 Å². The van der Waals surface area contributed by atoms with E-state index < -0.39 is 0 Å². The maximum Gasteiger partial charge on any atom is 0.309 e. The van der Waals surface area contributed by atoms with Crippen molar-refractivity contribution in [1.82, 2.24) is 0 Å². The maximum absolute atomic E-state index is 10.8. The monoisotopic (exact) mass is 142 g/mol. The summed E-state index contributed by atoms with van der Waals surface area (Å²) < 4.78 is 4.68. The van der Waals surface area contributed by atoms with Gasteiger partial charge < -0.3 is 4.74 Å². The van der Waals surface area contributed by atoms with Crippen LogP contribution in [0.1, 0.15) is 13.8 Å². The van der Waals surface area contributed by atoms with Crippen molar-refractivity contribution in [2.24, 2.45) is 11.8 Å². The van der Waals surface area contributed by atoms with Gasteiger partial charge in [0.25, 0.3) is 0 Å². The molecule has 1 heterocycles. The average Bonchev–Trinajstić information content (AvgIpc) is 2.14. The second kappa shape index (κ2) is 2.40. The lowest BCUT2D eigenvalue weighted by atomic mass is 9.94. The predicted molar refractivity (Wildman–Crippen MR) is 34.3 cm³/mol. The Morgan fingerprint density at radius 3 is 2.50 bits per heavy atom. The van der Waals surface area contributed by atoms with Crippen molar-refractivity contribution in [2.45, 2.75) is 13.8 Å². The molecule has 1 saturated heterocycles. The van der Waals surface area contributed by atoms with Crippen LogP contribution in [-0.2, 0) is 14.3 Å². The van der Waals surface area contributed by atoms with Crippen molar-refractivity contribution in [3.63, 3.8) is 0 Å². The van der Waals surface area contributed by atoms with Crippen LogP contribution in [0.15, 0.2) is 0 Å². The molecular formula is C7H10O3. The summed E-state index contributed by atoms with van der Waals surface area (Å²) in [4.78, 5) is 21.5. The van der Waals surface area contributed by atoms with Crippen molar-refractivity contribution >= 4 is 11.8 Å². The minimum Gasteiger partial charge on any atom is -0.465 e. The number of ether oxygens (including phenoxy) is 1. The van der Waals surface area contributed by atoms with Gasteiger partial charge in [-0.05, 0) is 6.92 Å². The summed E-state index contributed by atoms with van der Waals surface area (Å²) in [6.07, 6.45) is 0. The standard InChI is InChI=1S/C7H10O3/c1-4-6(5(2)8)3-10-7(4)9/h4,6H,3H2,1-2H3/t4-,6-/m1/s1. The van der Waals surface area contributed by atoms with E-state index in [2.05, 4.69) is 4.74 Å². The minimum atomic E-state index is -0.250. The molecule has 0 aromatic heterocycles. The van der Waals surface area contributed by atoms with E-state index in [-0.39, 0.29) is 30.2 Å². The lowest BCUT2D eigenvalue weighted by Gasteiger charge is -2.03. The summed E-state index contributed by atoms with van der Waals surface area (Å²) in [5.74, 6) is -0.649. The number of hydrogen-bond acceptors (Lipinski definition) is 3. The first-order valence-corrected chi connectivity index (χ1v) is 3.30. The van der Waals surface area contributed by atoms with Gasteiger partial charge in [-0.25, -0.2) is 0 Å². The molecule has 0 unspecified atom stereocenters. The molecule has 0 bridgehead atoms. The lowest BCUT2D eigenvalue weighted by molar-refractivity contribution is -0.141. The van der Waals surface area contributed by atoms with E-state index in [4.69, 9.17) is 0 Å². The van der Waals surface area contributed by atoms with E-state index in [1.165, 1.54) is 6.92 Å². The summed E-state index contributed by atoms with van der Waals surface area (Å²) in [5, 5.41) is 0. The number of rotatable bonds is 1. The summed E-state index contributed by atoms with van der Waals surface area (Å²) in [7, 11) is 0. The minimum absolute atomic E-state index is 0.0401. The number of ketones is 1. The molecule has 0 amide bonds. The van der Waals surface area contributed by atoms with E-state index in [1.807, 2.05) is 0 Å². The molecule has 56 valence electrons. The maximum atomic E-state index is 10.8. The molecule has 3 nitrogen and oxygen atoms in total. The topological polar surface area (TPSA) is 43.4 Å². The van der Waals surface area contributed by atoms with Gasteiger partial charge in [-0.2, -0.15) is 0 Å². The van der Waals surface area contributed by atoms with Gasteiger partial charge in [0, 0.05) is 0 Å². The highest BCUT2D eigenvalue weighted by molar-refractivity contribution is 5.87. The lowest BCUT2D eigenvalue weighted by Crippen LogP contribution is -2.18. The Hall–Kier alpha value is -0.860. The number of carbonyl (C=O) groups excluding carboxylic acids is 2. The van der Waals surface area contributed by atoms with Gasteiger partial charge in [0.2, 0.25) is 0 Å². The zero-order chi connectivity index (χ0) is 7.72. The highest BCUT2D eigenvalue weighted by Gasteiger charge is 2.35. The summed E-state index contributed by atoms with van der Waals surface area (Å²) in [6.45, 7) is 3.49. The molecule has 2 atom stereocenters. The summed E-state index contributed by atoms with van der Waals surface area (Å²) in [6, 6.07) is 0. The number of hydrogen-bond donors (Lipinski definition) is 0. The van der Waals surface area contributed by atoms with Crippen LogP contribution >= 0.6 is 0 Å². The molecule has 1 aliphatic rings. The molecule has 1 aliphatic heterocycles. The van der Waals surface area contributed by atoms with E-state index in [0.29, 0.717) is 0 Å². The molecular weight excluding hydrogens is 132 g/mol. The average molecular weight is 142 g/mol. The van der Waals surface area contributed by atoms with Crippen LogP contribution in [0.25, 0.3) is 0 Å². The van der Waals surface area contributed by atoms with Crippen LogP contribution in [0.3, 0.4) is 0 Å². The van der Waals surface area contributed by atoms with Crippen LogP contribution in [0, 0.1) is 11.8 Å². The van der Waals surface area contributed by atoms with Gasteiger partial charge in [0.15, 0.2) is 0 Å². The van der Waals surface area contributed by atoms with Crippen molar-refractivity contribution in [2.75, 3.05) is 6.61 Å². The fourth-order valence-corrected chi connectivity index (χ4v) is 1.08. The van der Waals surface area contributed by atoms with E-state index >= 15 is 0 Å². The number of carbonyl (C=O) groups is 2. The van der Waals surface area contributed by atoms with Gasteiger partial charge in [-0.1, -0.05) is 6.92 Å². The smallest absolute Gasteiger partial charge is 0.309 e. The highest BCUT2D eigenvalue weighted by atomic mass is 16.5. The first kappa shape index (κ1) is 7.25. The second-order valence-electron chi connectivity index (χ2n) is 2.64. The van der Waals surface area contributed by atoms with Gasteiger partial charge in [0.1, 0.15) is 12.4 Å². The Labute approximate surface area is 59.4 Å². The Kier molecular flexibility index (Phi) is 1.74. The highest BCUT2D eigenvalue weighted by Crippen LogP contribution is 2.21. The van der Waals surface area contributed by atoms with Crippen LogP contribution in [-0.4, -0.2) is 18.4 Å². The van der Waals surface area contributed by atoms with Crippen molar-refractivity contribution in [3.05, 3.63) is 0 Å². The fourth-order valence-electron chi connectivity index (χ4n) is 1.08. The normalized spacial score (nSPS) is 32.0. The molecule has 1 rings (SSSR count). The number of esters is 1. The molecule has 3 heteroatoms. The predicted octanol–water partition coefficient (Wildman–Crippen LogP) is 0.384. The van der Waals surface area contributed by atoms with Crippen LogP contribution in [0.2, 0.25) is 0 Å². The van der Waals surface area contributed by atoms with E-state index in [9.17, 15) is 9.59 Å². The molecule has 0 aromatic carbocycles.